The average Bonchev–Trinajstić information content (AvgIpc) is 4.14. The molecule has 0 saturated carbocycles. The highest BCUT2D eigenvalue weighted by molar-refractivity contribution is 6.27. The quantitative estimate of drug-likeness (QED) is 0.133. The molecule has 18 heteroatoms. The van der Waals surface area contributed by atoms with Crippen molar-refractivity contribution in [1.29, 1.82) is 0 Å². The summed E-state index contributed by atoms with van der Waals surface area (Å²) in [7, 11) is 5.45. The molecule has 8 heterocycles. The molecule has 17 nitrogen and oxygen atoms in total. The molecule has 3 radical (unpaired) electrons. The Kier molecular flexibility index (Phi) is 15.6. The van der Waals surface area contributed by atoms with Gasteiger partial charge < -0.3 is 38.6 Å². The molecule has 5 saturated heterocycles. The highest BCUT2D eigenvalue weighted by atomic mass is 28.1. The first-order valence-electron chi connectivity index (χ1n) is 27.5. The van der Waals surface area contributed by atoms with Gasteiger partial charge in [0.05, 0.1) is 78.3 Å². The SMILES string of the molecule is CCn1c(-c2cccnc2[C@H](C)OC)c2c3cc(ccc31)-c1cccc(c1)CC(NC(=O)[C@H](C(C)C)N1CC[C@]3(CCN(C(=O)C#C[C@@H]4COCCN4C4COC4)C3)C1=O)C(=O)N1CCC[C@@]([Si])(N1)C(=O)OCC(C)(C)C2. The van der Waals surface area contributed by atoms with Crippen molar-refractivity contribution in [3.63, 3.8) is 0 Å². The zero-order chi connectivity index (χ0) is 54.4. The van der Waals surface area contributed by atoms with Gasteiger partial charge in [0.25, 0.3) is 11.8 Å². The van der Waals surface area contributed by atoms with Crippen molar-refractivity contribution >= 4 is 50.7 Å². The van der Waals surface area contributed by atoms with E-state index < -0.39 is 45.9 Å². The highest BCUT2D eigenvalue weighted by Gasteiger charge is 2.54. The zero-order valence-corrected chi connectivity index (χ0v) is 46.6. The lowest BCUT2D eigenvalue weighted by Crippen LogP contribution is -2.67. The predicted molar refractivity (Wildman–Crippen MR) is 291 cm³/mol. The predicted octanol–water partition coefficient (Wildman–Crippen LogP) is 4.82. The molecule has 6 aliphatic rings. The number of aryl methyl sites for hydroxylation is 1. The largest absolute Gasteiger partial charge is 0.464 e. The summed E-state index contributed by atoms with van der Waals surface area (Å²) in [6, 6.07) is 16.7. The highest BCUT2D eigenvalue weighted by Crippen LogP contribution is 2.44. The number of hydrogen-bond acceptors (Lipinski definition) is 12. The fourth-order valence-corrected chi connectivity index (χ4v) is 12.8. The van der Waals surface area contributed by atoms with E-state index in [0.717, 1.165) is 56.7 Å². The van der Waals surface area contributed by atoms with Crippen LogP contribution in [0.5, 0.6) is 0 Å². The van der Waals surface area contributed by atoms with E-state index in [0.29, 0.717) is 78.2 Å². The smallest absolute Gasteiger partial charge is 0.323 e. The summed E-state index contributed by atoms with van der Waals surface area (Å²) < 4.78 is 25.5. The van der Waals surface area contributed by atoms with Crippen LogP contribution in [-0.4, -0.2) is 171 Å². The first-order chi connectivity index (χ1) is 36.9. The Hall–Kier alpha value is -5.94. The van der Waals surface area contributed by atoms with Gasteiger partial charge in [-0.25, -0.2) is 5.43 Å². The Morgan fingerprint density at radius 2 is 1.75 bits per heavy atom. The summed E-state index contributed by atoms with van der Waals surface area (Å²) in [6.45, 7) is 17.2. The van der Waals surface area contributed by atoms with Crippen LogP contribution in [0.3, 0.4) is 0 Å². The number of carbonyl (C=O) groups is 5. The second kappa shape index (κ2) is 22.1. The van der Waals surface area contributed by atoms with Gasteiger partial charge in [-0.1, -0.05) is 63.9 Å². The molecule has 77 heavy (non-hydrogen) atoms. The van der Waals surface area contributed by atoms with Crippen molar-refractivity contribution in [3.05, 3.63) is 77.6 Å². The van der Waals surface area contributed by atoms with Gasteiger partial charge in [0.1, 0.15) is 17.2 Å². The van der Waals surface area contributed by atoms with Crippen LogP contribution in [0.1, 0.15) is 90.2 Å². The second-order valence-electron chi connectivity index (χ2n) is 23.1. The van der Waals surface area contributed by atoms with Crippen LogP contribution in [0.4, 0.5) is 0 Å². The molecule has 2 aromatic carbocycles. The standard InChI is InChI=1S/C59H73N8O9Si/c1-8-64-48-17-15-41-30-45(48)46(52(64)44-14-10-22-60-50(44)38(4)73-7)31-57(5,6)36-76-56(72)59(77)19-11-23-67(62-59)54(70)47(29-39-12-9-13-40(41)28-39)61-53(69)51(37(2)3)66-25-21-58(55(66)71)20-24-63(35-58)49(68)18-16-42-32-74-27-26-65(42)43-33-75-34-43/h9-10,12-15,17,22,28,30,37-38,42-43,47,51,62H,8,11,19-21,23-27,29,31-36H2,1-7H3,(H,61,69)/t38-,42+,47?,51-,58-,59-/m0/s1. The number of nitrogens with zero attached hydrogens (tertiary/aromatic N) is 6. The van der Waals surface area contributed by atoms with Gasteiger partial charge in [0.15, 0.2) is 0 Å². The number of likely N-dealkylation sites (tertiary alicyclic amines) is 2. The Morgan fingerprint density at radius 3 is 2.51 bits per heavy atom. The van der Waals surface area contributed by atoms with E-state index in [2.05, 4.69) is 99.5 Å². The lowest BCUT2D eigenvalue weighted by molar-refractivity contribution is -0.158. The van der Waals surface area contributed by atoms with E-state index in [4.69, 9.17) is 23.9 Å². The maximum atomic E-state index is 15.1. The Labute approximate surface area is 455 Å². The van der Waals surface area contributed by atoms with Crippen molar-refractivity contribution in [2.24, 2.45) is 16.7 Å². The number of pyridine rings is 1. The number of hydrogen-bond donors (Lipinski definition) is 2. The van der Waals surface area contributed by atoms with E-state index in [9.17, 15) is 19.2 Å². The van der Waals surface area contributed by atoms with Crippen LogP contribution >= 0.6 is 0 Å². The monoisotopic (exact) mass is 1070 g/mol. The first kappa shape index (κ1) is 54.4. The summed E-state index contributed by atoms with van der Waals surface area (Å²) in [5.41, 5.74) is 9.50. The minimum absolute atomic E-state index is 0.0855. The summed E-state index contributed by atoms with van der Waals surface area (Å²) >= 11 is 0. The number of aromatic nitrogens is 2. The van der Waals surface area contributed by atoms with E-state index >= 15 is 4.79 Å². The van der Waals surface area contributed by atoms with Gasteiger partial charge >= 0.3 is 5.97 Å². The van der Waals surface area contributed by atoms with Crippen LogP contribution < -0.4 is 10.7 Å². The molecule has 2 aromatic heterocycles. The molecule has 407 valence electrons. The number of rotatable bonds is 9. The number of cyclic esters (lactones) is 1. The van der Waals surface area contributed by atoms with E-state index in [1.807, 2.05) is 39.0 Å². The second-order valence-corrected chi connectivity index (χ2v) is 23.9. The van der Waals surface area contributed by atoms with Gasteiger partial charge in [0.2, 0.25) is 11.8 Å². The normalized spacial score (nSPS) is 26.0. The van der Waals surface area contributed by atoms with Crippen molar-refractivity contribution in [3.8, 4) is 34.2 Å². The number of fused-ring (bicyclic) bond motifs is 6. The number of methoxy groups -OCH3 is 1. The van der Waals surface area contributed by atoms with E-state index in [1.54, 1.807) is 23.1 Å². The van der Waals surface area contributed by atoms with Gasteiger partial charge in [0, 0.05) is 80.9 Å². The Bertz CT molecular complexity index is 3000. The van der Waals surface area contributed by atoms with E-state index in [-0.39, 0.29) is 62.0 Å². The molecular formula is C59H73N8O9Si. The fraction of sp³-hybridized carbons (Fsp3) is 0.559. The number of benzene rings is 2. The van der Waals surface area contributed by atoms with Gasteiger partial charge in [-0.2, -0.15) is 0 Å². The number of ether oxygens (including phenoxy) is 4. The molecule has 6 bridgehead atoms. The number of amides is 4. The summed E-state index contributed by atoms with van der Waals surface area (Å²) in [4.78, 5) is 83.1. The number of esters is 1. The van der Waals surface area contributed by atoms with Crippen molar-refractivity contribution in [2.75, 3.05) is 72.9 Å². The van der Waals surface area contributed by atoms with Crippen molar-refractivity contribution in [1.82, 2.24) is 40.0 Å². The molecule has 2 N–H and O–H groups in total. The fourth-order valence-electron chi connectivity index (χ4n) is 12.5. The van der Waals surface area contributed by atoms with Crippen LogP contribution in [0.2, 0.25) is 0 Å². The van der Waals surface area contributed by atoms with Crippen LogP contribution in [-0.2, 0) is 62.3 Å². The van der Waals surface area contributed by atoms with E-state index in [1.165, 1.54) is 5.01 Å². The maximum Gasteiger partial charge on any atom is 0.323 e. The number of nitrogens with one attached hydrogen (secondary N) is 2. The van der Waals surface area contributed by atoms with Crippen molar-refractivity contribution < 1.29 is 42.9 Å². The lowest BCUT2D eigenvalue weighted by Gasteiger charge is -2.42. The molecule has 6 aliphatic heterocycles. The third kappa shape index (κ3) is 10.7. The topological polar surface area (TPSA) is 177 Å². The first-order valence-corrected chi connectivity index (χ1v) is 28.0. The molecule has 5 fully saturated rings. The number of hydrazine groups is 1. The molecule has 1 unspecified atom stereocenters. The number of carbonyl (C=O) groups excluding carboxylic acids is 5. The third-order valence-electron chi connectivity index (χ3n) is 16.8. The Balaban J connectivity index is 0.950. The number of morpholine rings is 1. The minimum atomic E-state index is -1.43. The van der Waals surface area contributed by atoms with Crippen molar-refractivity contribution in [2.45, 2.75) is 122 Å². The van der Waals surface area contributed by atoms with Crippen LogP contribution in [0.25, 0.3) is 33.3 Å². The summed E-state index contributed by atoms with van der Waals surface area (Å²) in [5, 5.41) is 4.19. The third-order valence-corrected chi connectivity index (χ3v) is 17.3. The van der Waals surface area contributed by atoms with Gasteiger partial charge in [-0.15, -0.1) is 0 Å². The maximum absolute atomic E-state index is 15.1. The lowest BCUT2D eigenvalue weighted by atomic mass is 9.84. The molecule has 0 aliphatic carbocycles. The molecule has 6 atom stereocenters. The van der Waals surface area contributed by atoms with Gasteiger partial charge in [-0.05, 0) is 104 Å². The molecule has 1 spiro atoms. The molecule has 4 amide bonds. The Morgan fingerprint density at radius 1 is 0.961 bits per heavy atom. The molecule has 10 rings (SSSR count). The minimum Gasteiger partial charge on any atom is -0.464 e. The van der Waals surface area contributed by atoms with Crippen LogP contribution in [0, 0.1) is 28.6 Å². The average molecular weight is 1070 g/mol. The summed E-state index contributed by atoms with van der Waals surface area (Å²) in [5.74, 6) is 3.76. The molecular weight excluding hydrogens is 993 g/mol. The molecule has 4 aromatic rings. The van der Waals surface area contributed by atoms with Gasteiger partial charge in [-0.3, -0.25) is 38.9 Å². The van der Waals surface area contributed by atoms with Crippen LogP contribution in [0.15, 0.2) is 60.8 Å². The summed E-state index contributed by atoms with van der Waals surface area (Å²) in [6.07, 6.45) is 3.97. The zero-order valence-electron chi connectivity index (χ0n) is 45.6.